The van der Waals surface area contributed by atoms with Crippen LogP contribution >= 0.6 is 11.6 Å². The van der Waals surface area contributed by atoms with Crippen LogP contribution < -0.4 is 5.56 Å². The van der Waals surface area contributed by atoms with Crippen molar-refractivity contribution in [3.63, 3.8) is 0 Å². The molecule has 0 radical (unpaired) electrons. The summed E-state index contributed by atoms with van der Waals surface area (Å²) in [6.45, 7) is 0.310. The summed E-state index contributed by atoms with van der Waals surface area (Å²) < 4.78 is 1.79. The molecule has 0 unspecified atom stereocenters. The Hall–Kier alpha value is -3.71. The standard InChI is InChI=1S/C22H18ClN5O2/c1-27(22(30)19-11-12-20(29)25-24-19)13-16-14-28(18-5-3-2-4-6-18)26-21(16)15-7-9-17(23)10-8-15/h2-12,14H,13H2,1H3,(H,25,29). The van der Waals surface area contributed by atoms with Gasteiger partial charge in [0.25, 0.3) is 11.5 Å². The van der Waals surface area contributed by atoms with Gasteiger partial charge in [0.15, 0.2) is 0 Å². The van der Waals surface area contributed by atoms with Gasteiger partial charge in [-0.15, -0.1) is 0 Å². The molecule has 7 nitrogen and oxygen atoms in total. The summed E-state index contributed by atoms with van der Waals surface area (Å²) in [6.07, 6.45) is 1.91. The predicted octanol–water partition coefficient (Wildman–Crippen LogP) is 3.55. The number of nitrogens with zero attached hydrogens (tertiary/aromatic N) is 4. The van der Waals surface area contributed by atoms with Crippen LogP contribution in [0, 0.1) is 0 Å². The second-order valence-corrected chi connectivity index (χ2v) is 7.19. The van der Waals surface area contributed by atoms with Crippen LogP contribution in [-0.2, 0) is 6.54 Å². The van der Waals surface area contributed by atoms with Crippen molar-refractivity contribution < 1.29 is 4.79 Å². The lowest BCUT2D eigenvalue weighted by Crippen LogP contribution is -2.28. The van der Waals surface area contributed by atoms with E-state index in [-0.39, 0.29) is 17.2 Å². The highest BCUT2D eigenvalue weighted by Gasteiger charge is 2.19. The van der Waals surface area contributed by atoms with Crippen molar-refractivity contribution >= 4 is 17.5 Å². The van der Waals surface area contributed by atoms with Crippen molar-refractivity contribution in [2.75, 3.05) is 7.05 Å². The monoisotopic (exact) mass is 419 g/mol. The first-order valence-electron chi connectivity index (χ1n) is 9.22. The van der Waals surface area contributed by atoms with E-state index in [1.165, 1.54) is 17.0 Å². The minimum Gasteiger partial charge on any atom is -0.336 e. The molecule has 30 heavy (non-hydrogen) atoms. The molecule has 2 heterocycles. The molecule has 150 valence electrons. The molecule has 2 aromatic carbocycles. The average molecular weight is 420 g/mol. The molecule has 2 aromatic heterocycles. The average Bonchev–Trinajstić information content (AvgIpc) is 3.18. The lowest BCUT2D eigenvalue weighted by Gasteiger charge is -2.16. The molecular weight excluding hydrogens is 402 g/mol. The van der Waals surface area contributed by atoms with Crippen molar-refractivity contribution in [2.24, 2.45) is 0 Å². The van der Waals surface area contributed by atoms with Gasteiger partial charge in [-0.3, -0.25) is 9.59 Å². The Balaban J connectivity index is 1.69. The number of para-hydroxylation sites is 1. The summed E-state index contributed by atoms with van der Waals surface area (Å²) in [5.41, 5.74) is 3.23. The van der Waals surface area contributed by atoms with Crippen molar-refractivity contribution in [1.29, 1.82) is 0 Å². The Labute approximate surface area is 177 Å². The molecule has 8 heteroatoms. The number of hydrogen-bond donors (Lipinski definition) is 1. The first-order chi connectivity index (χ1) is 14.5. The molecule has 0 saturated heterocycles. The first kappa shape index (κ1) is 19.6. The van der Waals surface area contributed by atoms with Gasteiger partial charge < -0.3 is 4.90 Å². The zero-order chi connectivity index (χ0) is 21.1. The molecule has 4 aromatic rings. The molecule has 0 bridgehead atoms. The molecule has 0 aliphatic rings. The Morgan fingerprint density at radius 2 is 1.80 bits per heavy atom. The zero-order valence-electron chi connectivity index (χ0n) is 16.1. The molecule has 0 aliphatic heterocycles. The summed E-state index contributed by atoms with van der Waals surface area (Å²) >= 11 is 6.03. The van der Waals surface area contributed by atoms with Crippen molar-refractivity contribution in [1.82, 2.24) is 24.9 Å². The third-order valence-corrected chi connectivity index (χ3v) is 4.83. The number of benzene rings is 2. The molecule has 0 aliphatic carbocycles. The molecule has 0 saturated carbocycles. The number of aromatic nitrogens is 4. The lowest BCUT2D eigenvalue weighted by molar-refractivity contribution is 0.0778. The van der Waals surface area contributed by atoms with Gasteiger partial charge in [0.05, 0.1) is 11.4 Å². The fourth-order valence-corrected chi connectivity index (χ4v) is 3.20. The fourth-order valence-electron chi connectivity index (χ4n) is 3.08. The second kappa shape index (κ2) is 8.34. The van der Waals surface area contributed by atoms with E-state index >= 15 is 0 Å². The Morgan fingerprint density at radius 1 is 1.07 bits per heavy atom. The molecule has 0 spiro atoms. The number of carbonyl (C=O) groups is 1. The summed E-state index contributed by atoms with van der Waals surface area (Å²) in [5.74, 6) is -0.305. The van der Waals surface area contributed by atoms with Crippen molar-refractivity contribution in [3.8, 4) is 16.9 Å². The van der Waals surface area contributed by atoms with E-state index in [0.29, 0.717) is 11.6 Å². The number of amides is 1. The van der Waals surface area contributed by atoms with Crippen LogP contribution in [0.15, 0.2) is 77.7 Å². The Bertz CT molecular complexity index is 1210. The molecule has 4 rings (SSSR count). The van der Waals surface area contributed by atoms with E-state index in [4.69, 9.17) is 16.7 Å². The highest BCUT2D eigenvalue weighted by molar-refractivity contribution is 6.30. The predicted molar refractivity (Wildman–Crippen MR) is 115 cm³/mol. The van der Waals surface area contributed by atoms with Crippen LogP contribution in [0.4, 0.5) is 0 Å². The van der Waals surface area contributed by atoms with E-state index in [0.717, 1.165) is 22.5 Å². The molecule has 0 fully saturated rings. The van der Waals surface area contributed by atoms with Gasteiger partial charge >= 0.3 is 0 Å². The van der Waals surface area contributed by atoms with E-state index in [9.17, 15) is 9.59 Å². The Morgan fingerprint density at radius 3 is 2.47 bits per heavy atom. The normalized spacial score (nSPS) is 10.7. The topological polar surface area (TPSA) is 83.9 Å². The number of halogens is 1. The quantitative estimate of drug-likeness (QED) is 0.536. The van der Waals surface area contributed by atoms with Crippen LogP contribution in [0.2, 0.25) is 5.02 Å². The lowest BCUT2D eigenvalue weighted by atomic mass is 10.1. The van der Waals surface area contributed by atoms with Crippen LogP contribution in [0.1, 0.15) is 16.1 Å². The first-order valence-corrected chi connectivity index (χ1v) is 9.60. The SMILES string of the molecule is CN(Cc1cn(-c2ccccc2)nc1-c1ccc(Cl)cc1)C(=O)c1ccc(=O)[nH]n1. The van der Waals surface area contributed by atoms with Crippen molar-refractivity contribution in [3.05, 3.63) is 99.6 Å². The number of hydrogen-bond acceptors (Lipinski definition) is 4. The van der Waals surface area contributed by atoms with Crippen LogP contribution in [0.3, 0.4) is 0 Å². The van der Waals surface area contributed by atoms with E-state index < -0.39 is 0 Å². The fraction of sp³-hybridized carbons (Fsp3) is 0.0909. The maximum atomic E-state index is 12.7. The maximum absolute atomic E-state index is 12.7. The Kier molecular flexibility index (Phi) is 5.45. The summed E-state index contributed by atoms with van der Waals surface area (Å²) in [7, 11) is 1.68. The number of carbonyl (C=O) groups excluding carboxylic acids is 1. The number of aromatic amines is 1. The van der Waals surface area contributed by atoms with Gasteiger partial charge in [0.2, 0.25) is 0 Å². The second-order valence-electron chi connectivity index (χ2n) is 6.76. The third-order valence-electron chi connectivity index (χ3n) is 4.58. The molecule has 1 amide bonds. The van der Waals surface area contributed by atoms with E-state index in [2.05, 4.69) is 10.2 Å². The largest absolute Gasteiger partial charge is 0.336 e. The van der Waals surface area contributed by atoms with Gasteiger partial charge in [-0.25, -0.2) is 9.78 Å². The van der Waals surface area contributed by atoms with Crippen molar-refractivity contribution in [2.45, 2.75) is 6.54 Å². The minimum absolute atomic E-state index is 0.167. The van der Waals surface area contributed by atoms with E-state index in [1.807, 2.05) is 48.7 Å². The van der Waals surface area contributed by atoms with Gasteiger partial charge in [-0.1, -0.05) is 41.9 Å². The third kappa shape index (κ3) is 4.16. The molecular formula is C22H18ClN5O2. The maximum Gasteiger partial charge on any atom is 0.274 e. The summed E-state index contributed by atoms with van der Waals surface area (Å²) in [6, 6.07) is 19.8. The minimum atomic E-state index is -0.358. The molecule has 1 N–H and O–H groups in total. The van der Waals surface area contributed by atoms with Gasteiger partial charge in [-0.05, 0) is 30.3 Å². The number of rotatable bonds is 5. The zero-order valence-corrected chi connectivity index (χ0v) is 16.9. The highest BCUT2D eigenvalue weighted by atomic mass is 35.5. The summed E-state index contributed by atoms with van der Waals surface area (Å²) in [4.78, 5) is 25.5. The summed E-state index contributed by atoms with van der Waals surface area (Å²) in [5, 5.41) is 11.5. The van der Waals surface area contributed by atoms with Crippen LogP contribution in [0.5, 0.6) is 0 Å². The van der Waals surface area contributed by atoms with Gasteiger partial charge in [-0.2, -0.15) is 10.2 Å². The van der Waals surface area contributed by atoms with Crippen LogP contribution in [-0.4, -0.2) is 37.8 Å². The number of nitrogens with one attached hydrogen (secondary N) is 1. The van der Waals surface area contributed by atoms with E-state index in [1.54, 1.807) is 23.9 Å². The van der Waals surface area contributed by atoms with Gasteiger partial charge in [0, 0.05) is 42.0 Å². The molecule has 0 atom stereocenters. The van der Waals surface area contributed by atoms with Gasteiger partial charge in [0.1, 0.15) is 5.69 Å². The highest BCUT2D eigenvalue weighted by Crippen LogP contribution is 2.26. The number of H-pyrrole nitrogens is 1. The smallest absolute Gasteiger partial charge is 0.274 e. The van der Waals surface area contributed by atoms with Crippen LogP contribution in [0.25, 0.3) is 16.9 Å².